The Labute approximate surface area is 155 Å². The molecule has 2 aromatic rings. The maximum absolute atomic E-state index is 11.9. The van der Waals surface area contributed by atoms with Crippen LogP contribution in [-0.4, -0.2) is 30.5 Å². The zero-order chi connectivity index (χ0) is 18.5. The van der Waals surface area contributed by atoms with Gasteiger partial charge in [-0.3, -0.25) is 15.1 Å². The number of nitrogens with two attached hydrogens (primary N) is 1. The van der Waals surface area contributed by atoms with Crippen molar-refractivity contribution in [3.63, 3.8) is 0 Å². The minimum Gasteiger partial charge on any atom is -0.493 e. The van der Waals surface area contributed by atoms with Crippen molar-refractivity contribution in [1.82, 2.24) is 10.3 Å². The highest BCUT2D eigenvalue weighted by atomic mass is 16.5. The summed E-state index contributed by atoms with van der Waals surface area (Å²) in [5.74, 6) is 6.65. The molecule has 3 N–H and O–H groups in total. The van der Waals surface area contributed by atoms with Gasteiger partial charge in [-0.05, 0) is 42.1 Å². The van der Waals surface area contributed by atoms with E-state index in [1.807, 2.05) is 0 Å². The topological polar surface area (TPSA) is 67.6 Å². The molecular formula is C21H29N3O2. The average Bonchev–Trinajstić information content (AvgIpc) is 2.66. The lowest BCUT2D eigenvalue weighted by atomic mass is 9.96. The summed E-state index contributed by atoms with van der Waals surface area (Å²) < 4.78 is 6.12. The van der Waals surface area contributed by atoms with Crippen molar-refractivity contribution in [3.05, 3.63) is 42.0 Å². The Hall–Kier alpha value is -2.11. The summed E-state index contributed by atoms with van der Waals surface area (Å²) in [5.41, 5.74) is 3.51. The van der Waals surface area contributed by atoms with Crippen LogP contribution in [0.5, 0.6) is 5.75 Å². The van der Waals surface area contributed by atoms with Gasteiger partial charge in [-0.25, -0.2) is 5.84 Å². The van der Waals surface area contributed by atoms with Crippen molar-refractivity contribution in [2.75, 3.05) is 19.7 Å². The molecule has 0 bridgehead atoms. The smallest absolute Gasteiger partial charge is 0.238 e. The summed E-state index contributed by atoms with van der Waals surface area (Å²) in [6.45, 7) is 7.51. The van der Waals surface area contributed by atoms with Crippen molar-refractivity contribution in [2.45, 2.75) is 33.2 Å². The third-order valence-electron chi connectivity index (χ3n) is 4.97. The molecule has 2 aromatic carbocycles. The number of benzene rings is 2. The minimum absolute atomic E-state index is 0.0382. The number of carbonyl (C=O) groups excluding carboxylic acids is 1. The largest absolute Gasteiger partial charge is 0.493 e. The fourth-order valence-electron chi connectivity index (χ4n) is 3.63. The molecule has 0 radical (unpaired) electrons. The molecule has 0 spiro atoms. The number of piperidine rings is 1. The van der Waals surface area contributed by atoms with Crippen LogP contribution < -0.4 is 16.0 Å². The van der Waals surface area contributed by atoms with Crippen LogP contribution in [0, 0.1) is 11.8 Å². The fraction of sp³-hybridized carbons (Fsp3) is 0.476. The van der Waals surface area contributed by atoms with Gasteiger partial charge in [0, 0.05) is 18.7 Å². The summed E-state index contributed by atoms with van der Waals surface area (Å²) in [7, 11) is 0. The Balaban J connectivity index is 1.86. The number of likely N-dealkylation sites (tertiary alicyclic amines) is 1. The predicted molar refractivity (Wildman–Crippen MR) is 105 cm³/mol. The van der Waals surface area contributed by atoms with Crippen LogP contribution in [0.1, 0.15) is 32.3 Å². The number of rotatable bonds is 6. The lowest BCUT2D eigenvalue weighted by Crippen LogP contribution is -2.44. The van der Waals surface area contributed by atoms with E-state index < -0.39 is 0 Å². The van der Waals surface area contributed by atoms with Crippen LogP contribution >= 0.6 is 0 Å². The molecule has 0 saturated carbocycles. The summed E-state index contributed by atoms with van der Waals surface area (Å²) >= 11 is 0. The number of hydrogen-bond donors (Lipinski definition) is 2. The summed E-state index contributed by atoms with van der Waals surface area (Å²) in [6, 6.07) is 12.6. The number of nitrogens with zero attached hydrogens (tertiary/aromatic N) is 1. The van der Waals surface area contributed by atoms with Crippen LogP contribution in [0.3, 0.4) is 0 Å². The quantitative estimate of drug-likeness (QED) is 0.475. The molecule has 1 fully saturated rings. The van der Waals surface area contributed by atoms with Crippen LogP contribution in [0.2, 0.25) is 0 Å². The number of fused-ring (bicyclic) bond motifs is 1. The van der Waals surface area contributed by atoms with Crippen LogP contribution in [0.4, 0.5) is 0 Å². The highest BCUT2D eigenvalue weighted by molar-refractivity contribution is 5.87. The summed E-state index contributed by atoms with van der Waals surface area (Å²) in [4.78, 5) is 14.3. The molecule has 1 heterocycles. The number of hydrazine groups is 1. The van der Waals surface area contributed by atoms with Gasteiger partial charge >= 0.3 is 0 Å². The van der Waals surface area contributed by atoms with E-state index in [9.17, 15) is 4.79 Å². The van der Waals surface area contributed by atoms with Crippen molar-refractivity contribution >= 4 is 16.7 Å². The third kappa shape index (κ3) is 4.34. The van der Waals surface area contributed by atoms with E-state index in [1.54, 1.807) is 0 Å². The lowest BCUT2D eigenvalue weighted by Gasteiger charge is -2.32. The molecule has 3 rings (SSSR count). The molecule has 26 heavy (non-hydrogen) atoms. The molecule has 5 nitrogen and oxygen atoms in total. The fourth-order valence-corrected chi connectivity index (χ4v) is 3.63. The van der Waals surface area contributed by atoms with Gasteiger partial charge in [-0.2, -0.15) is 0 Å². The van der Waals surface area contributed by atoms with Gasteiger partial charge < -0.3 is 4.74 Å². The molecular weight excluding hydrogens is 326 g/mol. The second-order valence-corrected chi connectivity index (χ2v) is 7.55. The van der Waals surface area contributed by atoms with Crippen LogP contribution in [-0.2, 0) is 11.3 Å². The Morgan fingerprint density at radius 2 is 2.12 bits per heavy atom. The zero-order valence-electron chi connectivity index (χ0n) is 15.7. The van der Waals surface area contributed by atoms with Gasteiger partial charge in [0.15, 0.2) is 0 Å². The predicted octanol–water partition coefficient (Wildman–Crippen LogP) is 3.08. The minimum atomic E-state index is -0.0658. The maximum atomic E-state index is 11.9. The van der Waals surface area contributed by atoms with Gasteiger partial charge in [0.05, 0.1) is 12.5 Å². The van der Waals surface area contributed by atoms with Gasteiger partial charge in [0.1, 0.15) is 5.75 Å². The van der Waals surface area contributed by atoms with E-state index in [-0.39, 0.29) is 11.8 Å². The van der Waals surface area contributed by atoms with E-state index in [1.165, 1.54) is 16.3 Å². The number of ether oxygens (including phenoxy) is 1. The number of carbonyl (C=O) groups is 1. The van der Waals surface area contributed by atoms with Crippen molar-refractivity contribution in [2.24, 2.45) is 17.7 Å². The van der Waals surface area contributed by atoms with Crippen molar-refractivity contribution < 1.29 is 9.53 Å². The number of nitrogens with one attached hydrogen (secondary N) is 1. The van der Waals surface area contributed by atoms with Crippen LogP contribution in [0.25, 0.3) is 10.8 Å². The van der Waals surface area contributed by atoms with Gasteiger partial charge in [0.2, 0.25) is 5.91 Å². The van der Waals surface area contributed by atoms with Gasteiger partial charge in [0.25, 0.3) is 0 Å². The Kier molecular flexibility index (Phi) is 6.12. The Morgan fingerprint density at radius 1 is 1.31 bits per heavy atom. The lowest BCUT2D eigenvalue weighted by molar-refractivity contribution is -0.126. The average molecular weight is 355 g/mol. The van der Waals surface area contributed by atoms with E-state index in [2.05, 4.69) is 60.6 Å². The van der Waals surface area contributed by atoms with E-state index in [0.29, 0.717) is 12.5 Å². The van der Waals surface area contributed by atoms with Crippen molar-refractivity contribution in [1.29, 1.82) is 0 Å². The first-order valence-corrected chi connectivity index (χ1v) is 9.44. The monoisotopic (exact) mass is 355 g/mol. The number of hydrogen-bond acceptors (Lipinski definition) is 4. The SMILES string of the molecule is CC(C)COc1ccc2ccccc2c1CN1CCCC(C(=O)NN)C1. The second-order valence-electron chi connectivity index (χ2n) is 7.55. The highest BCUT2D eigenvalue weighted by Gasteiger charge is 2.26. The highest BCUT2D eigenvalue weighted by Crippen LogP contribution is 2.31. The van der Waals surface area contributed by atoms with Crippen molar-refractivity contribution in [3.8, 4) is 5.75 Å². The second kappa shape index (κ2) is 8.52. The molecule has 5 heteroatoms. The van der Waals surface area contributed by atoms with Crippen LogP contribution in [0.15, 0.2) is 36.4 Å². The van der Waals surface area contributed by atoms with Gasteiger partial charge in [-0.15, -0.1) is 0 Å². The zero-order valence-corrected chi connectivity index (χ0v) is 15.7. The summed E-state index contributed by atoms with van der Waals surface area (Å²) in [5, 5.41) is 2.44. The first kappa shape index (κ1) is 18.7. The molecule has 140 valence electrons. The molecule has 1 unspecified atom stereocenters. The maximum Gasteiger partial charge on any atom is 0.238 e. The molecule has 1 aliphatic heterocycles. The Morgan fingerprint density at radius 3 is 2.88 bits per heavy atom. The Bertz CT molecular complexity index is 760. The molecule has 1 amide bonds. The van der Waals surface area contributed by atoms with E-state index in [4.69, 9.17) is 10.6 Å². The normalized spacial score (nSPS) is 18.2. The molecule has 1 aliphatic rings. The first-order valence-electron chi connectivity index (χ1n) is 9.44. The standard InChI is InChI=1S/C21H29N3O2/c1-15(2)14-26-20-10-9-16-6-3-4-8-18(16)19(20)13-24-11-5-7-17(12-24)21(25)23-22/h3-4,6,8-10,15,17H,5,7,11-14,22H2,1-2H3,(H,23,25). The first-order chi connectivity index (χ1) is 12.6. The molecule has 1 atom stereocenters. The van der Waals surface area contributed by atoms with E-state index in [0.717, 1.165) is 38.2 Å². The number of amides is 1. The molecule has 0 aliphatic carbocycles. The summed E-state index contributed by atoms with van der Waals surface area (Å²) in [6.07, 6.45) is 1.90. The third-order valence-corrected chi connectivity index (χ3v) is 4.97. The molecule has 0 aromatic heterocycles. The van der Waals surface area contributed by atoms with Gasteiger partial charge in [-0.1, -0.05) is 44.2 Å². The molecule has 1 saturated heterocycles. The van der Waals surface area contributed by atoms with E-state index >= 15 is 0 Å².